The number of anilines is 2. The first kappa shape index (κ1) is 32.4. The first-order valence-electron chi connectivity index (χ1n) is 13.3. The van der Waals surface area contributed by atoms with Crippen LogP contribution in [0.2, 0.25) is 0 Å². The Labute approximate surface area is 264 Å². The summed E-state index contributed by atoms with van der Waals surface area (Å²) in [5.41, 5.74) is 9.62. The first-order chi connectivity index (χ1) is 21.9. The molecule has 3 aromatic heterocycles. The number of pyridine rings is 1. The van der Waals surface area contributed by atoms with Gasteiger partial charge in [-0.1, -0.05) is 10.4 Å². The van der Waals surface area contributed by atoms with Gasteiger partial charge in [0.2, 0.25) is 11.9 Å². The predicted molar refractivity (Wildman–Crippen MR) is 161 cm³/mol. The fourth-order valence-corrected chi connectivity index (χ4v) is 5.35. The Bertz CT molecular complexity index is 1870. The summed E-state index contributed by atoms with van der Waals surface area (Å²) in [6.07, 6.45) is 0.563. The van der Waals surface area contributed by atoms with Gasteiger partial charge in [-0.2, -0.15) is 18.7 Å². The monoisotopic (exact) mass is 676 g/mol. The standard InChI is InChI=1S/C24H28N12O8S2/c1-24(2)18(22(38)36(24)44-46(39,40)41)30-21(37)17(15-11-45-23(26)29-15)33-43-16(20-31-34-35-32-20)10-42-13-3-4-14-12(9-13)5-7-27-19(14)28-8-6-25/h3-5,7,9,11,16,18H,6,8,10,25H2,1-2H3,(H2,26,29)(H,27,28)(H,30,37)(H,39,40,41)(H,31,32,34,35)/b33-17-/t16?,18-/m1/s1. The van der Waals surface area contributed by atoms with Gasteiger partial charge in [0.1, 0.15) is 29.9 Å². The molecule has 0 bridgehead atoms. The van der Waals surface area contributed by atoms with Crippen molar-refractivity contribution in [2.24, 2.45) is 10.9 Å². The number of rotatable bonds is 14. The zero-order chi connectivity index (χ0) is 33.1. The maximum absolute atomic E-state index is 13.4. The lowest BCUT2D eigenvalue weighted by atomic mass is 9.84. The van der Waals surface area contributed by atoms with Crippen LogP contribution in [0.5, 0.6) is 5.75 Å². The quantitative estimate of drug-likeness (QED) is 0.0426. The summed E-state index contributed by atoms with van der Waals surface area (Å²) in [4.78, 5) is 40.1. The molecule has 1 aliphatic rings. The maximum Gasteiger partial charge on any atom is 0.418 e. The second kappa shape index (κ2) is 13.1. The molecule has 2 amide bonds. The molecule has 22 heteroatoms. The van der Waals surface area contributed by atoms with E-state index in [9.17, 15) is 18.0 Å². The van der Waals surface area contributed by atoms with Crippen LogP contribution in [0.4, 0.5) is 10.9 Å². The number of thiazole rings is 1. The van der Waals surface area contributed by atoms with Crippen molar-refractivity contribution in [3.05, 3.63) is 47.4 Å². The summed E-state index contributed by atoms with van der Waals surface area (Å²) in [6, 6.07) is 5.91. The lowest BCUT2D eigenvalue weighted by Crippen LogP contribution is -2.76. The molecular formula is C24H28N12O8S2. The van der Waals surface area contributed by atoms with Crippen LogP contribution >= 0.6 is 11.3 Å². The lowest BCUT2D eigenvalue weighted by molar-refractivity contribution is -0.218. The highest BCUT2D eigenvalue weighted by atomic mass is 32.3. The van der Waals surface area contributed by atoms with Gasteiger partial charge in [-0.15, -0.1) is 25.8 Å². The molecule has 4 heterocycles. The van der Waals surface area contributed by atoms with Crippen LogP contribution in [0.15, 0.2) is 41.0 Å². The molecule has 8 N–H and O–H groups in total. The molecule has 0 saturated carbocycles. The van der Waals surface area contributed by atoms with Gasteiger partial charge < -0.3 is 31.7 Å². The fourth-order valence-electron chi connectivity index (χ4n) is 4.34. The predicted octanol–water partition coefficient (Wildman–Crippen LogP) is -0.462. The molecule has 1 aliphatic heterocycles. The number of hydrogen-bond donors (Lipinski definition) is 6. The van der Waals surface area contributed by atoms with E-state index >= 15 is 0 Å². The molecular weight excluding hydrogens is 648 g/mol. The number of carbonyl (C=O) groups excluding carboxylic acids is 2. The summed E-state index contributed by atoms with van der Waals surface area (Å²) in [7, 11) is -4.99. The number of hydrogen-bond acceptors (Lipinski definition) is 17. The Morgan fingerprint density at radius 3 is 2.78 bits per heavy atom. The van der Waals surface area contributed by atoms with E-state index < -0.39 is 39.9 Å². The number of aromatic amines is 1. The van der Waals surface area contributed by atoms with E-state index in [2.05, 4.69) is 50.7 Å². The minimum Gasteiger partial charge on any atom is -0.489 e. The van der Waals surface area contributed by atoms with E-state index in [-0.39, 0.29) is 29.0 Å². The van der Waals surface area contributed by atoms with Gasteiger partial charge in [-0.3, -0.25) is 14.1 Å². The zero-order valence-electron chi connectivity index (χ0n) is 24.1. The van der Waals surface area contributed by atoms with Crippen LogP contribution in [0.3, 0.4) is 0 Å². The normalized spacial score (nSPS) is 17.0. The van der Waals surface area contributed by atoms with E-state index in [1.165, 1.54) is 19.2 Å². The van der Waals surface area contributed by atoms with Crippen molar-refractivity contribution in [1.29, 1.82) is 0 Å². The SMILES string of the molecule is CC1(C)[C@H](NC(=O)/C(=N\OC(COc2ccc3c(NCCN)nccc3c2)c2nn[nH]n2)c2csc(N)n2)C(=O)N1OS(=O)(=O)O. The number of aromatic nitrogens is 6. The molecule has 1 saturated heterocycles. The molecule has 0 spiro atoms. The van der Waals surface area contributed by atoms with Gasteiger partial charge in [0.15, 0.2) is 10.8 Å². The fraction of sp³-hybridized carbons (Fsp3) is 0.333. The largest absolute Gasteiger partial charge is 0.489 e. The maximum atomic E-state index is 13.4. The minimum atomic E-state index is -4.99. The van der Waals surface area contributed by atoms with Gasteiger partial charge in [-0.25, -0.2) is 9.97 Å². The number of nitrogen functional groups attached to an aromatic ring is 1. The first-order valence-corrected chi connectivity index (χ1v) is 15.6. The number of fused-ring (bicyclic) bond motifs is 1. The number of ether oxygens (including phenoxy) is 1. The smallest absolute Gasteiger partial charge is 0.418 e. The second-order valence-corrected chi connectivity index (χ2v) is 12.0. The third-order valence-electron chi connectivity index (χ3n) is 6.60. The van der Waals surface area contributed by atoms with Crippen molar-refractivity contribution >= 4 is 61.0 Å². The molecule has 1 unspecified atom stereocenters. The summed E-state index contributed by atoms with van der Waals surface area (Å²) < 4.78 is 41.6. The van der Waals surface area contributed by atoms with Crippen molar-refractivity contribution in [3.63, 3.8) is 0 Å². The van der Waals surface area contributed by atoms with Crippen molar-refractivity contribution in [3.8, 4) is 5.75 Å². The van der Waals surface area contributed by atoms with Gasteiger partial charge in [0.25, 0.3) is 11.8 Å². The van der Waals surface area contributed by atoms with Crippen molar-refractivity contribution < 1.29 is 36.4 Å². The summed E-state index contributed by atoms with van der Waals surface area (Å²) in [5, 5.41) is 27.1. The number of amides is 2. The van der Waals surface area contributed by atoms with Gasteiger partial charge in [-0.05, 0) is 43.5 Å². The highest BCUT2D eigenvalue weighted by Gasteiger charge is 2.58. The van der Waals surface area contributed by atoms with Crippen molar-refractivity contribution in [2.75, 3.05) is 30.7 Å². The second-order valence-electron chi connectivity index (χ2n) is 10.1. The summed E-state index contributed by atoms with van der Waals surface area (Å²) >= 11 is 1.02. The summed E-state index contributed by atoms with van der Waals surface area (Å²) in [5.74, 6) is -0.667. The Morgan fingerprint density at radius 1 is 1.33 bits per heavy atom. The van der Waals surface area contributed by atoms with E-state index in [0.717, 1.165) is 22.1 Å². The minimum absolute atomic E-state index is 0.0191. The average molecular weight is 677 g/mol. The lowest BCUT2D eigenvalue weighted by Gasteiger charge is -2.50. The Morgan fingerprint density at radius 2 is 2.13 bits per heavy atom. The number of β-lactam (4-membered cyclic amide) rings is 1. The third-order valence-corrected chi connectivity index (χ3v) is 7.61. The Balaban J connectivity index is 1.35. The number of benzene rings is 1. The van der Waals surface area contributed by atoms with Crippen LogP contribution in [0.25, 0.3) is 10.8 Å². The zero-order valence-corrected chi connectivity index (χ0v) is 25.8. The topological polar surface area (TPSA) is 288 Å². The molecule has 2 atom stereocenters. The van der Waals surface area contributed by atoms with Crippen LogP contribution in [0, 0.1) is 0 Å². The van der Waals surface area contributed by atoms with Crippen molar-refractivity contribution in [1.82, 2.24) is 41.0 Å². The van der Waals surface area contributed by atoms with E-state index in [0.29, 0.717) is 29.7 Å². The van der Waals surface area contributed by atoms with E-state index in [1.54, 1.807) is 18.3 Å². The number of nitrogens with two attached hydrogens (primary N) is 2. The molecule has 5 rings (SSSR count). The number of nitrogens with zero attached hydrogens (tertiary/aromatic N) is 7. The number of carbonyl (C=O) groups is 2. The molecule has 0 radical (unpaired) electrons. The molecule has 244 valence electrons. The molecule has 0 aliphatic carbocycles. The summed E-state index contributed by atoms with van der Waals surface area (Å²) in [6.45, 7) is 3.63. The van der Waals surface area contributed by atoms with Gasteiger partial charge >= 0.3 is 10.4 Å². The highest BCUT2D eigenvalue weighted by molar-refractivity contribution is 7.80. The molecule has 20 nitrogen and oxygen atoms in total. The van der Waals surface area contributed by atoms with E-state index in [4.69, 9.17) is 25.6 Å². The number of oxime groups is 1. The Hall–Kier alpha value is -5.03. The van der Waals surface area contributed by atoms with Crippen LogP contribution in [-0.2, 0) is 29.1 Å². The highest BCUT2D eigenvalue weighted by Crippen LogP contribution is 2.33. The number of hydroxylamine groups is 2. The molecule has 1 fully saturated rings. The number of nitrogens with one attached hydrogen (secondary N) is 3. The molecule has 46 heavy (non-hydrogen) atoms. The van der Waals surface area contributed by atoms with Crippen LogP contribution < -0.4 is 26.8 Å². The average Bonchev–Trinajstić information content (AvgIpc) is 3.71. The number of H-pyrrole nitrogens is 1. The van der Waals surface area contributed by atoms with Crippen molar-refractivity contribution in [2.45, 2.75) is 31.5 Å². The molecule has 4 aromatic rings. The third kappa shape index (κ3) is 7.10. The molecule has 1 aromatic carbocycles. The van der Waals surface area contributed by atoms with Crippen LogP contribution in [-0.4, -0.2) is 97.4 Å². The number of tetrazole rings is 1. The van der Waals surface area contributed by atoms with E-state index in [1.807, 2.05) is 12.1 Å². The van der Waals surface area contributed by atoms with Gasteiger partial charge in [0.05, 0.1) is 5.54 Å². The van der Waals surface area contributed by atoms with Crippen LogP contribution in [0.1, 0.15) is 31.5 Å². The van der Waals surface area contributed by atoms with Gasteiger partial charge in [0, 0.05) is 30.1 Å². The Kier molecular flexibility index (Phi) is 9.24.